The van der Waals surface area contributed by atoms with Crippen LogP contribution in [-0.4, -0.2) is 32.6 Å². The molecule has 0 fully saturated rings. The first kappa shape index (κ1) is 17.9. The number of rotatable bonds is 5. The second kappa shape index (κ2) is 6.58. The molecule has 0 saturated carbocycles. The Morgan fingerprint density at radius 1 is 1.29 bits per heavy atom. The summed E-state index contributed by atoms with van der Waals surface area (Å²) in [5.74, 6) is -0.351. The highest BCUT2D eigenvalue weighted by molar-refractivity contribution is 5.76. The second-order valence-corrected chi connectivity index (χ2v) is 5.83. The second-order valence-electron chi connectivity index (χ2n) is 5.83. The minimum Gasteiger partial charge on any atom is -0.466 e. The number of esters is 1. The topological polar surface area (TPSA) is 69.9 Å². The Bertz CT molecular complexity index is 708. The molecule has 0 aliphatic rings. The Morgan fingerprint density at radius 3 is 2.54 bits per heavy atom. The molecule has 0 unspecified atom stereocenters. The molecule has 0 radical (unpaired) electrons. The fourth-order valence-electron chi connectivity index (χ4n) is 2.05. The van der Waals surface area contributed by atoms with Crippen molar-refractivity contribution < 1.29 is 22.7 Å². The van der Waals surface area contributed by atoms with Crippen molar-refractivity contribution in [2.75, 3.05) is 6.61 Å². The molecule has 2 aromatic rings. The summed E-state index contributed by atoms with van der Waals surface area (Å²) >= 11 is 0. The maximum Gasteiger partial charge on any atom is 0.433 e. The Balaban J connectivity index is 2.15. The summed E-state index contributed by atoms with van der Waals surface area (Å²) in [6.45, 7) is 5.46. The molecule has 0 aliphatic carbocycles. The van der Waals surface area contributed by atoms with Gasteiger partial charge in [0.2, 0.25) is 0 Å². The minimum atomic E-state index is -4.49. The number of alkyl halides is 3. The normalized spacial score (nSPS) is 12.2. The van der Waals surface area contributed by atoms with Crippen LogP contribution in [0.5, 0.6) is 0 Å². The molecule has 0 aromatic carbocycles. The Labute approximate surface area is 136 Å². The van der Waals surface area contributed by atoms with E-state index < -0.39 is 17.3 Å². The fourth-order valence-corrected chi connectivity index (χ4v) is 2.05. The number of hydrogen-bond acceptors (Lipinski definition) is 5. The average Bonchev–Trinajstić information content (AvgIpc) is 2.94. The zero-order valence-corrected chi connectivity index (χ0v) is 13.5. The SMILES string of the molecule is CCOC(=O)C(C)(C)Cc1cn(-c2ccc(C(F)(F)F)nc2)nn1. The highest BCUT2D eigenvalue weighted by Gasteiger charge is 2.32. The lowest BCUT2D eigenvalue weighted by Gasteiger charge is -2.20. The van der Waals surface area contributed by atoms with E-state index in [0.29, 0.717) is 17.8 Å². The van der Waals surface area contributed by atoms with E-state index in [-0.39, 0.29) is 12.6 Å². The first-order valence-electron chi connectivity index (χ1n) is 7.25. The van der Waals surface area contributed by atoms with Crippen LogP contribution in [0.2, 0.25) is 0 Å². The van der Waals surface area contributed by atoms with Crippen LogP contribution in [0, 0.1) is 5.41 Å². The van der Waals surface area contributed by atoms with Gasteiger partial charge in [-0.1, -0.05) is 5.21 Å². The molecule has 6 nitrogen and oxygen atoms in total. The van der Waals surface area contributed by atoms with Crippen molar-refractivity contribution in [3.8, 4) is 5.69 Å². The summed E-state index contributed by atoms with van der Waals surface area (Å²) in [6, 6.07) is 2.13. The summed E-state index contributed by atoms with van der Waals surface area (Å²) in [6.07, 6.45) is -1.58. The molecule has 24 heavy (non-hydrogen) atoms. The smallest absolute Gasteiger partial charge is 0.433 e. The van der Waals surface area contributed by atoms with Gasteiger partial charge in [0, 0.05) is 6.42 Å². The van der Waals surface area contributed by atoms with Gasteiger partial charge in [0.05, 0.1) is 35.8 Å². The first-order chi connectivity index (χ1) is 11.1. The molecule has 0 aliphatic heterocycles. The van der Waals surface area contributed by atoms with Crippen LogP contribution in [0.4, 0.5) is 13.2 Å². The van der Waals surface area contributed by atoms with Gasteiger partial charge in [-0.05, 0) is 32.9 Å². The number of ether oxygens (including phenoxy) is 1. The minimum absolute atomic E-state index is 0.284. The van der Waals surface area contributed by atoms with Crippen LogP contribution < -0.4 is 0 Å². The summed E-state index contributed by atoms with van der Waals surface area (Å²) in [5, 5.41) is 7.81. The van der Waals surface area contributed by atoms with Crippen LogP contribution in [-0.2, 0) is 22.1 Å². The van der Waals surface area contributed by atoms with Crippen LogP contribution in [0.15, 0.2) is 24.5 Å². The highest BCUT2D eigenvalue weighted by atomic mass is 19.4. The molecule has 0 spiro atoms. The van der Waals surface area contributed by atoms with Crippen molar-refractivity contribution in [1.29, 1.82) is 0 Å². The van der Waals surface area contributed by atoms with E-state index in [1.807, 2.05) is 0 Å². The number of carbonyl (C=O) groups excluding carboxylic acids is 1. The maximum absolute atomic E-state index is 12.5. The largest absolute Gasteiger partial charge is 0.466 e. The zero-order valence-electron chi connectivity index (χ0n) is 13.5. The van der Waals surface area contributed by atoms with Crippen LogP contribution in [0.1, 0.15) is 32.2 Å². The van der Waals surface area contributed by atoms with E-state index in [2.05, 4.69) is 15.3 Å². The van der Waals surface area contributed by atoms with E-state index in [1.54, 1.807) is 27.0 Å². The van der Waals surface area contributed by atoms with E-state index in [0.717, 1.165) is 12.3 Å². The molecule has 9 heteroatoms. The average molecular weight is 342 g/mol. The number of carbonyl (C=O) groups is 1. The van der Waals surface area contributed by atoms with Crippen LogP contribution >= 0.6 is 0 Å². The van der Waals surface area contributed by atoms with Crippen molar-refractivity contribution in [3.05, 3.63) is 35.9 Å². The molecule has 2 aromatic heterocycles. The summed E-state index contributed by atoms with van der Waals surface area (Å²) in [4.78, 5) is 15.3. The number of nitrogens with zero attached hydrogens (tertiary/aromatic N) is 4. The monoisotopic (exact) mass is 342 g/mol. The third-order valence-electron chi connectivity index (χ3n) is 3.29. The van der Waals surface area contributed by atoms with Crippen molar-refractivity contribution in [3.63, 3.8) is 0 Å². The van der Waals surface area contributed by atoms with Gasteiger partial charge >= 0.3 is 12.1 Å². The summed E-state index contributed by atoms with van der Waals surface area (Å²) in [7, 11) is 0. The Morgan fingerprint density at radius 2 is 2.00 bits per heavy atom. The van der Waals surface area contributed by atoms with Gasteiger partial charge in [0.15, 0.2) is 0 Å². The number of halogens is 3. The molecular weight excluding hydrogens is 325 g/mol. The van der Waals surface area contributed by atoms with Crippen molar-refractivity contribution in [2.45, 2.75) is 33.4 Å². The third kappa shape index (κ3) is 4.09. The lowest BCUT2D eigenvalue weighted by Crippen LogP contribution is -2.29. The molecule has 0 N–H and O–H groups in total. The number of aromatic nitrogens is 4. The summed E-state index contributed by atoms with van der Waals surface area (Å²) in [5.41, 5.74) is -0.895. The molecule has 0 atom stereocenters. The van der Waals surface area contributed by atoms with E-state index in [1.165, 1.54) is 10.7 Å². The summed E-state index contributed by atoms with van der Waals surface area (Å²) < 4.78 is 43.8. The molecule has 0 amide bonds. The van der Waals surface area contributed by atoms with Gasteiger partial charge < -0.3 is 4.74 Å². The molecule has 0 saturated heterocycles. The van der Waals surface area contributed by atoms with Gasteiger partial charge in [0.25, 0.3) is 0 Å². The van der Waals surface area contributed by atoms with Gasteiger partial charge in [0.1, 0.15) is 5.69 Å². The lowest BCUT2D eigenvalue weighted by atomic mass is 9.88. The van der Waals surface area contributed by atoms with E-state index >= 15 is 0 Å². The van der Waals surface area contributed by atoms with Crippen LogP contribution in [0.3, 0.4) is 0 Å². The quantitative estimate of drug-likeness (QED) is 0.782. The van der Waals surface area contributed by atoms with Crippen molar-refractivity contribution in [2.24, 2.45) is 5.41 Å². The van der Waals surface area contributed by atoms with Crippen molar-refractivity contribution in [1.82, 2.24) is 20.0 Å². The molecular formula is C15H17F3N4O2. The Hall–Kier alpha value is -2.45. The standard InChI is InChI=1S/C15H17F3N4O2/c1-4-24-13(23)14(2,3)7-10-9-22(21-20-10)11-5-6-12(19-8-11)15(16,17)18/h5-6,8-9H,4,7H2,1-3H3. The van der Waals surface area contributed by atoms with Gasteiger partial charge in [-0.15, -0.1) is 5.10 Å². The molecule has 2 rings (SSSR count). The third-order valence-corrected chi connectivity index (χ3v) is 3.29. The number of hydrogen-bond donors (Lipinski definition) is 0. The molecule has 130 valence electrons. The van der Waals surface area contributed by atoms with Gasteiger partial charge in [-0.3, -0.25) is 4.79 Å². The number of pyridine rings is 1. The predicted molar refractivity (Wildman–Crippen MR) is 78.3 cm³/mol. The van der Waals surface area contributed by atoms with E-state index in [4.69, 9.17) is 4.74 Å². The van der Waals surface area contributed by atoms with Gasteiger partial charge in [-0.25, -0.2) is 9.67 Å². The molecule has 0 bridgehead atoms. The van der Waals surface area contributed by atoms with Gasteiger partial charge in [-0.2, -0.15) is 13.2 Å². The highest BCUT2D eigenvalue weighted by Crippen LogP contribution is 2.27. The fraction of sp³-hybridized carbons (Fsp3) is 0.467. The maximum atomic E-state index is 12.5. The first-order valence-corrected chi connectivity index (χ1v) is 7.25. The molecule has 2 heterocycles. The zero-order chi connectivity index (χ0) is 18.0. The lowest BCUT2D eigenvalue weighted by molar-refractivity contribution is -0.153. The van der Waals surface area contributed by atoms with Crippen molar-refractivity contribution >= 4 is 5.97 Å². The Kier molecular flexibility index (Phi) is 4.91. The predicted octanol–water partition coefficient (Wildman–Crippen LogP) is 2.81. The van der Waals surface area contributed by atoms with E-state index in [9.17, 15) is 18.0 Å². The van der Waals surface area contributed by atoms with Crippen LogP contribution in [0.25, 0.3) is 5.69 Å².